The number of rotatable bonds is 3. The fourth-order valence-corrected chi connectivity index (χ4v) is 1.99. The van der Waals surface area contributed by atoms with Crippen molar-refractivity contribution in [3.05, 3.63) is 35.9 Å². The largest absolute Gasteiger partial charge is 0.494 e. The molecule has 0 spiro atoms. The topological polar surface area (TPSA) is 21.3 Å². The highest BCUT2D eigenvalue weighted by Crippen LogP contribution is 2.30. The van der Waals surface area contributed by atoms with Crippen LogP contribution in [0.25, 0.3) is 5.76 Å². The SMILES string of the molecule is C=C(OCC)c1cccc2c1NCCC2. The van der Waals surface area contributed by atoms with Crippen LogP contribution in [0, 0.1) is 0 Å². The van der Waals surface area contributed by atoms with Crippen LogP contribution in [0.2, 0.25) is 0 Å². The molecule has 1 aliphatic heterocycles. The van der Waals surface area contributed by atoms with Gasteiger partial charge in [-0.2, -0.15) is 0 Å². The van der Waals surface area contributed by atoms with E-state index < -0.39 is 0 Å². The number of ether oxygens (including phenoxy) is 1. The first-order valence-corrected chi connectivity index (χ1v) is 5.50. The van der Waals surface area contributed by atoms with Crippen LogP contribution in [-0.4, -0.2) is 13.2 Å². The number of hydrogen-bond acceptors (Lipinski definition) is 2. The van der Waals surface area contributed by atoms with Crippen molar-refractivity contribution in [2.24, 2.45) is 0 Å². The first kappa shape index (κ1) is 10.1. The lowest BCUT2D eigenvalue weighted by atomic mass is 9.99. The molecular weight excluding hydrogens is 186 g/mol. The van der Waals surface area contributed by atoms with Gasteiger partial charge in [0.05, 0.1) is 6.61 Å². The van der Waals surface area contributed by atoms with Crippen molar-refractivity contribution in [3.63, 3.8) is 0 Å². The third-order valence-electron chi connectivity index (χ3n) is 2.69. The van der Waals surface area contributed by atoms with E-state index in [1.165, 1.54) is 17.7 Å². The molecule has 1 heterocycles. The summed E-state index contributed by atoms with van der Waals surface area (Å²) in [5.41, 5.74) is 3.69. The van der Waals surface area contributed by atoms with Gasteiger partial charge < -0.3 is 10.1 Å². The zero-order valence-electron chi connectivity index (χ0n) is 9.18. The van der Waals surface area contributed by atoms with Crippen LogP contribution < -0.4 is 5.32 Å². The molecule has 0 radical (unpaired) electrons. The lowest BCUT2D eigenvalue weighted by Gasteiger charge is -2.21. The van der Waals surface area contributed by atoms with Crippen molar-refractivity contribution in [2.45, 2.75) is 19.8 Å². The Morgan fingerprint density at radius 3 is 3.20 bits per heavy atom. The van der Waals surface area contributed by atoms with E-state index in [0.717, 1.165) is 24.3 Å². The molecule has 1 N–H and O–H groups in total. The summed E-state index contributed by atoms with van der Waals surface area (Å²) in [5, 5.41) is 3.43. The lowest BCUT2D eigenvalue weighted by molar-refractivity contribution is 0.299. The maximum atomic E-state index is 5.46. The van der Waals surface area contributed by atoms with Crippen molar-refractivity contribution >= 4 is 11.4 Å². The average Bonchev–Trinajstić information content (AvgIpc) is 2.28. The van der Waals surface area contributed by atoms with E-state index >= 15 is 0 Å². The summed E-state index contributed by atoms with van der Waals surface area (Å²) in [6.07, 6.45) is 2.35. The third kappa shape index (κ3) is 1.99. The number of nitrogens with one attached hydrogen (secondary N) is 1. The Hall–Kier alpha value is -1.44. The van der Waals surface area contributed by atoms with E-state index in [1.807, 2.05) is 6.92 Å². The Morgan fingerprint density at radius 1 is 1.53 bits per heavy atom. The van der Waals surface area contributed by atoms with Crippen LogP contribution in [0.15, 0.2) is 24.8 Å². The van der Waals surface area contributed by atoms with Crippen LogP contribution in [0.3, 0.4) is 0 Å². The highest BCUT2D eigenvalue weighted by Gasteiger charge is 2.14. The Kier molecular flexibility index (Phi) is 2.95. The Balaban J connectivity index is 2.34. The summed E-state index contributed by atoms with van der Waals surface area (Å²) in [6.45, 7) is 7.65. The molecule has 1 aromatic carbocycles. The highest BCUT2D eigenvalue weighted by molar-refractivity contribution is 5.74. The number of hydrogen-bond donors (Lipinski definition) is 1. The van der Waals surface area contributed by atoms with Gasteiger partial charge in [0.2, 0.25) is 0 Å². The van der Waals surface area contributed by atoms with E-state index in [1.54, 1.807) is 0 Å². The Labute approximate surface area is 91.0 Å². The molecule has 1 aromatic rings. The number of fused-ring (bicyclic) bond motifs is 1. The molecule has 0 bridgehead atoms. The molecular formula is C13H17NO. The summed E-state index contributed by atoms with van der Waals surface area (Å²) in [6, 6.07) is 6.31. The van der Waals surface area contributed by atoms with Crippen LogP contribution in [0.1, 0.15) is 24.5 Å². The second kappa shape index (κ2) is 4.39. The molecule has 0 aliphatic carbocycles. The second-order valence-corrected chi connectivity index (χ2v) is 3.73. The Morgan fingerprint density at radius 2 is 2.40 bits per heavy atom. The maximum absolute atomic E-state index is 5.46. The number of benzene rings is 1. The molecule has 0 saturated carbocycles. The molecule has 0 aromatic heterocycles. The van der Waals surface area contributed by atoms with Gasteiger partial charge in [0, 0.05) is 17.8 Å². The summed E-state index contributed by atoms with van der Waals surface area (Å²) in [5.74, 6) is 0.767. The van der Waals surface area contributed by atoms with Gasteiger partial charge in [-0.1, -0.05) is 18.7 Å². The molecule has 0 unspecified atom stereocenters. The zero-order chi connectivity index (χ0) is 10.7. The quantitative estimate of drug-likeness (QED) is 0.762. The first-order valence-electron chi connectivity index (χ1n) is 5.50. The minimum Gasteiger partial charge on any atom is -0.494 e. The van der Waals surface area contributed by atoms with E-state index in [9.17, 15) is 0 Å². The van der Waals surface area contributed by atoms with Crippen LogP contribution in [0.5, 0.6) is 0 Å². The smallest absolute Gasteiger partial charge is 0.121 e. The monoisotopic (exact) mass is 203 g/mol. The van der Waals surface area contributed by atoms with E-state index in [4.69, 9.17) is 4.74 Å². The molecule has 15 heavy (non-hydrogen) atoms. The number of aryl methyl sites for hydroxylation is 1. The molecule has 0 atom stereocenters. The maximum Gasteiger partial charge on any atom is 0.121 e. The number of para-hydroxylation sites is 1. The average molecular weight is 203 g/mol. The van der Waals surface area contributed by atoms with Gasteiger partial charge in [-0.25, -0.2) is 0 Å². The molecule has 2 rings (SSSR count). The summed E-state index contributed by atoms with van der Waals surface area (Å²) in [7, 11) is 0. The number of anilines is 1. The van der Waals surface area contributed by atoms with Gasteiger partial charge in [-0.3, -0.25) is 0 Å². The minimum absolute atomic E-state index is 0.669. The molecule has 2 heteroatoms. The van der Waals surface area contributed by atoms with Gasteiger partial charge in [-0.05, 0) is 31.4 Å². The molecule has 0 saturated heterocycles. The standard InChI is InChI=1S/C13H17NO/c1-3-15-10(2)12-8-4-6-11-7-5-9-14-13(11)12/h4,6,8,14H,2-3,5,7,9H2,1H3. The predicted octanol–water partition coefficient (Wildman–Crippen LogP) is 3.05. The van der Waals surface area contributed by atoms with Crippen molar-refractivity contribution in [3.8, 4) is 0 Å². The molecule has 2 nitrogen and oxygen atoms in total. The lowest BCUT2D eigenvalue weighted by Crippen LogP contribution is -2.13. The van der Waals surface area contributed by atoms with Crippen molar-refractivity contribution < 1.29 is 4.74 Å². The third-order valence-corrected chi connectivity index (χ3v) is 2.69. The Bertz CT molecular complexity index is 371. The van der Waals surface area contributed by atoms with Crippen molar-refractivity contribution in [1.82, 2.24) is 0 Å². The summed E-state index contributed by atoms with van der Waals surface area (Å²) >= 11 is 0. The fraction of sp³-hybridized carbons (Fsp3) is 0.385. The summed E-state index contributed by atoms with van der Waals surface area (Å²) in [4.78, 5) is 0. The van der Waals surface area contributed by atoms with Gasteiger partial charge in [0.25, 0.3) is 0 Å². The van der Waals surface area contributed by atoms with E-state index in [0.29, 0.717) is 6.61 Å². The van der Waals surface area contributed by atoms with Crippen LogP contribution in [-0.2, 0) is 11.2 Å². The van der Waals surface area contributed by atoms with E-state index in [2.05, 4.69) is 30.1 Å². The molecule has 0 fully saturated rings. The van der Waals surface area contributed by atoms with E-state index in [-0.39, 0.29) is 0 Å². The summed E-state index contributed by atoms with van der Waals surface area (Å²) < 4.78 is 5.46. The van der Waals surface area contributed by atoms with Gasteiger partial charge in [0.15, 0.2) is 0 Å². The molecule has 0 amide bonds. The normalized spacial score (nSPS) is 13.9. The van der Waals surface area contributed by atoms with Crippen LogP contribution >= 0.6 is 0 Å². The second-order valence-electron chi connectivity index (χ2n) is 3.73. The predicted molar refractivity (Wildman–Crippen MR) is 63.9 cm³/mol. The fourth-order valence-electron chi connectivity index (χ4n) is 1.99. The van der Waals surface area contributed by atoms with Crippen molar-refractivity contribution in [1.29, 1.82) is 0 Å². The molecule has 1 aliphatic rings. The van der Waals surface area contributed by atoms with Gasteiger partial charge in [0.1, 0.15) is 5.76 Å². The zero-order valence-corrected chi connectivity index (χ0v) is 9.18. The highest BCUT2D eigenvalue weighted by atomic mass is 16.5. The first-order chi connectivity index (χ1) is 7.33. The van der Waals surface area contributed by atoms with Gasteiger partial charge >= 0.3 is 0 Å². The molecule has 80 valence electrons. The van der Waals surface area contributed by atoms with Gasteiger partial charge in [-0.15, -0.1) is 0 Å². The minimum atomic E-state index is 0.669. The van der Waals surface area contributed by atoms with Crippen molar-refractivity contribution in [2.75, 3.05) is 18.5 Å². The van der Waals surface area contributed by atoms with Crippen LogP contribution in [0.4, 0.5) is 5.69 Å².